The van der Waals surface area contributed by atoms with Gasteiger partial charge in [0.25, 0.3) is 0 Å². The fourth-order valence-corrected chi connectivity index (χ4v) is 3.80. The van der Waals surface area contributed by atoms with Crippen LogP contribution in [0, 0.1) is 0 Å². The van der Waals surface area contributed by atoms with E-state index in [2.05, 4.69) is 9.97 Å². The summed E-state index contributed by atoms with van der Waals surface area (Å²) >= 11 is 7.81. The van der Waals surface area contributed by atoms with Gasteiger partial charge in [-0.15, -0.1) is 11.3 Å². The molecule has 1 aliphatic heterocycles. The average molecular weight is 336 g/mol. The van der Waals surface area contributed by atoms with Crippen LogP contribution in [-0.2, 0) is 16.5 Å². The number of hydrogen-bond acceptors (Lipinski definition) is 5. The molecule has 1 saturated heterocycles. The lowest BCUT2D eigenvalue weighted by molar-refractivity contribution is -0.186. The summed E-state index contributed by atoms with van der Waals surface area (Å²) in [5, 5.41) is 2.76. The molecule has 0 radical (unpaired) electrons. The molecule has 4 heterocycles. The van der Waals surface area contributed by atoms with Gasteiger partial charge in [-0.3, -0.25) is 4.98 Å². The van der Waals surface area contributed by atoms with E-state index in [-0.39, 0.29) is 6.29 Å². The number of pyridine rings is 1. The molecular weight excluding hydrogens is 322 g/mol. The monoisotopic (exact) mass is 335 g/mol. The summed E-state index contributed by atoms with van der Waals surface area (Å²) in [5.74, 6) is 0.841. The Morgan fingerprint density at radius 1 is 1.32 bits per heavy atom. The predicted molar refractivity (Wildman–Crippen MR) is 86.1 cm³/mol. The van der Waals surface area contributed by atoms with Crippen LogP contribution >= 0.6 is 22.9 Å². The second-order valence-electron chi connectivity index (χ2n) is 5.11. The smallest absolute Gasteiger partial charge is 0.200 e. The highest BCUT2D eigenvalue weighted by molar-refractivity contribution is 7.18. The molecule has 0 spiro atoms. The third kappa shape index (κ3) is 2.23. The quantitative estimate of drug-likeness (QED) is 0.715. The SMILES string of the molecule is Cn1c(C2OCCCO2)cnc1-c1csc2c(Cl)ccnc12. The lowest BCUT2D eigenvalue weighted by atomic mass is 10.2. The van der Waals surface area contributed by atoms with E-state index in [1.165, 1.54) is 0 Å². The molecule has 0 unspecified atom stereocenters. The van der Waals surface area contributed by atoms with E-state index < -0.39 is 0 Å². The summed E-state index contributed by atoms with van der Waals surface area (Å²) in [5.41, 5.74) is 2.77. The van der Waals surface area contributed by atoms with Crippen LogP contribution < -0.4 is 0 Å². The highest BCUT2D eigenvalue weighted by atomic mass is 35.5. The Bertz CT molecular complexity index is 823. The van der Waals surface area contributed by atoms with E-state index in [1.807, 2.05) is 17.0 Å². The molecular formula is C15H14ClN3O2S. The number of hydrogen-bond donors (Lipinski definition) is 0. The molecule has 1 aliphatic rings. The molecule has 0 N–H and O–H groups in total. The van der Waals surface area contributed by atoms with Gasteiger partial charge in [-0.05, 0) is 12.5 Å². The molecule has 0 saturated carbocycles. The maximum absolute atomic E-state index is 6.23. The lowest BCUT2D eigenvalue weighted by Gasteiger charge is -2.23. The Hall–Kier alpha value is -1.47. The van der Waals surface area contributed by atoms with E-state index in [0.29, 0.717) is 13.2 Å². The second kappa shape index (κ2) is 5.62. The zero-order valence-corrected chi connectivity index (χ0v) is 13.5. The summed E-state index contributed by atoms with van der Waals surface area (Å²) in [7, 11) is 1.97. The first-order valence-electron chi connectivity index (χ1n) is 7.02. The van der Waals surface area contributed by atoms with Crippen LogP contribution in [0.1, 0.15) is 18.4 Å². The van der Waals surface area contributed by atoms with E-state index in [4.69, 9.17) is 21.1 Å². The lowest BCUT2D eigenvalue weighted by Crippen LogP contribution is -2.19. The molecule has 0 atom stereocenters. The molecule has 7 heteroatoms. The third-order valence-electron chi connectivity index (χ3n) is 3.74. The van der Waals surface area contributed by atoms with Gasteiger partial charge in [0.15, 0.2) is 0 Å². The number of aromatic nitrogens is 3. The number of imidazole rings is 1. The van der Waals surface area contributed by atoms with Crippen LogP contribution in [0.4, 0.5) is 0 Å². The Morgan fingerprint density at radius 3 is 2.95 bits per heavy atom. The van der Waals surface area contributed by atoms with Gasteiger partial charge < -0.3 is 14.0 Å². The third-order valence-corrected chi connectivity index (χ3v) is 5.17. The van der Waals surface area contributed by atoms with Gasteiger partial charge in [0.05, 0.1) is 45.9 Å². The van der Waals surface area contributed by atoms with E-state index in [9.17, 15) is 0 Å². The van der Waals surface area contributed by atoms with Gasteiger partial charge in [0.2, 0.25) is 6.29 Å². The number of fused-ring (bicyclic) bond motifs is 1. The van der Waals surface area contributed by atoms with Crippen molar-refractivity contribution < 1.29 is 9.47 Å². The number of thiophene rings is 1. The molecule has 5 nitrogen and oxygen atoms in total. The molecule has 0 aliphatic carbocycles. The van der Waals surface area contributed by atoms with Gasteiger partial charge in [-0.2, -0.15) is 0 Å². The standard InChI is InChI=1S/C15H14ClN3O2S/c1-19-11(15-20-5-2-6-21-15)7-18-14(19)9-8-22-13-10(16)3-4-17-12(9)13/h3-4,7-8,15H,2,5-6H2,1H3. The molecule has 3 aromatic heterocycles. The zero-order chi connectivity index (χ0) is 15.1. The topological polar surface area (TPSA) is 49.2 Å². The van der Waals surface area contributed by atoms with Gasteiger partial charge in [0.1, 0.15) is 5.82 Å². The number of ether oxygens (including phenoxy) is 2. The van der Waals surface area contributed by atoms with Crippen molar-refractivity contribution in [3.63, 3.8) is 0 Å². The first kappa shape index (κ1) is 14.1. The van der Waals surface area contributed by atoms with E-state index in [1.54, 1.807) is 29.8 Å². The van der Waals surface area contributed by atoms with Gasteiger partial charge in [-0.25, -0.2) is 4.98 Å². The van der Waals surface area contributed by atoms with Crippen molar-refractivity contribution in [2.45, 2.75) is 12.7 Å². The normalized spacial score (nSPS) is 16.5. The molecule has 0 amide bonds. The van der Waals surface area contributed by atoms with Gasteiger partial charge in [0, 0.05) is 18.6 Å². The Labute approximate surface area is 136 Å². The van der Waals surface area contributed by atoms with Gasteiger partial charge in [-0.1, -0.05) is 11.6 Å². The summed E-state index contributed by atoms with van der Waals surface area (Å²) in [6.07, 6.45) is 4.11. The number of nitrogens with zero attached hydrogens (tertiary/aromatic N) is 3. The molecule has 3 aromatic rings. The number of rotatable bonds is 2. The van der Waals surface area contributed by atoms with Gasteiger partial charge >= 0.3 is 0 Å². The van der Waals surface area contributed by atoms with Crippen molar-refractivity contribution in [1.82, 2.24) is 14.5 Å². The average Bonchev–Trinajstić information content (AvgIpc) is 3.12. The fourth-order valence-electron chi connectivity index (χ4n) is 2.61. The molecule has 22 heavy (non-hydrogen) atoms. The highest BCUT2D eigenvalue weighted by Gasteiger charge is 2.23. The maximum atomic E-state index is 6.23. The van der Waals surface area contributed by atoms with Crippen LogP contribution in [-0.4, -0.2) is 27.7 Å². The maximum Gasteiger partial charge on any atom is 0.200 e. The summed E-state index contributed by atoms with van der Waals surface area (Å²) in [6, 6.07) is 1.80. The zero-order valence-electron chi connectivity index (χ0n) is 12.0. The van der Waals surface area contributed by atoms with Crippen LogP contribution in [0.25, 0.3) is 21.6 Å². The predicted octanol–water partition coefficient (Wildman–Crippen LogP) is 3.79. The molecule has 4 rings (SSSR count). The highest BCUT2D eigenvalue weighted by Crippen LogP contribution is 2.36. The Morgan fingerprint density at radius 2 is 2.14 bits per heavy atom. The first-order valence-corrected chi connectivity index (χ1v) is 8.28. The molecule has 0 bridgehead atoms. The minimum absolute atomic E-state index is 0.346. The minimum Gasteiger partial charge on any atom is -0.347 e. The Kier molecular flexibility index (Phi) is 3.62. The number of halogens is 1. The summed E-state index contributed by atoms with van der Waals surface area (Å²) < 4.78 is 14.3. The van der Waals surface area contributed by atoms with Crippen LogP contribution in [0.3, 0.4) is 0 Å². The van der Waals surface area contributed by atoms with Crippen molar-refractivity contribution >= 4 is 33.2 Å². The van der Waals surface area contributed by atoms with Crippen molar-refractivity contribution in [2.24, 2.45) is 7.05 Å². The summed E-state index contributed by atoms with van der Waals surface area (Å²) in [4.78, 5) is 8.99. The fraction of sp³-hybridized carbons (Fsp3) is 0.333. The van der Waals surface area contributed by atoms with E-state index >= 15 is 0 Å². The summed E-state index contributed by atoms with van der Waals surface area (Å²) in [6.45, 7) is 1.42. The molecule has 114 valence electrons. The minimum atomic E-state index is -0.346. The van der Waals surface area contributed by atoms with Crippen LogP contribution in [0.5, 0.6) is 0 Å². The largest absolute Gasteiger partial charge is 0.347 e. The first-order chi connectivity index (χ1) is 10.8. The molecule has 1 fully saturated rings. The van der Waals surface area contributed by atoms with Crippen molar-refractivity contribution in [3.05, 3.63) is 34.6 Å². The van der Waals surface area contributed by atoms with Crippen LogP contribution in [0.15, 0.2) is 23.8 Å². The van der Waals surface area contributed by atoms with Crippen molar-refractivity contribution in [3.8, 4) is 11.4 Å². The van der Waals surface area contributed by atoms with Crippen molar-refractivity contribution in [2.75, 3.05) is 13.2 Å². The Balaban J connectivity index is 1.79. The second-order valence-corrected chi connectivity index (χ2v) is 6.40. The van der Waals surface area contributed by atoms with Crippen LogP contribution in [0.2, 0.25) is 5.02 Å². The molecule has 0 aromatic carbocycles. The van der Waals surface area contributed by atoms with E-state index in [0.717, 1.165) is 38.7 Å². The van der Waals surface area contributed by atoms with Crippen molar-refractivity contribution in [1.29, 1.82) is 0 Å².